The third-order valence-corrected chi connectivity index (χ3v) is 5.12. The molecular weight excluding hydrogens is 365 g/mol. The number of carbonyl (C=O) groups excluding carboxylic acids is 2. The Balaban J connectivity index is 2.71. The van der Waals surface area contributed by atoms with Crippen molar-refractivity contribution in [3.63, 3.8) is 0 Å². The number of nitrogens with one attached hydrogen (secondary N) is 1. The summed E-state index contributed by atoms with van der Waals surface area (Å²) in [6.45, 7) is 9.41. The van der Waals surface area contributed by atoms with E-state index in [9.17, 15) is 9.59 Å². The first-order valence-electron chi connectivity index (χ1n) is 7.90. The molecule has 0 saturated carbocycles. The molecule has 0 spiro atoms. The van der Waals surface area contributed by atoms with Crippen LogP contribution in [0.1, 0.15) is 40.2 Å². The summed E-state index contributed by atoms with van der Waals surface area (Å²) in [6, 6.07) is 4.74. The van der Waals surface area contributed by atoms with Gasteiger partial charge in [-0.05, 0) is 46.8 Å². The molecule has 136 valence electrons. The van der Waals surface area contributed by atoms with Crippen LogP contribution in [0.15, 0.2) is 24.0 Å². The molecule has 1 heterocycles. The van der Waals surface area contributed by atoms with E-state index in [1.165, 1.54) is 6.07 Å². The number of benzene rings is 1. The van der Waals surface area contributed by atoms with E-state index in [2.05, 4.69) is 5.32 Å². The SMILES string of the molecule is CCNC(=O)OC1=C(c2ccc(Cl)cc2Cl)C(=O)OC(C)(C)C1(C)C. The van der Waals surface area contributed by atoms with Crippen LogP contribution in [0.25, 0.3) is 5.57 Å². The minimum atomic E-state index is -0.881. The van der Waals surface area contributed by atoms with Gasteiger partial charge in [0.1, 0.15) is 16.9 Å². The van der Waals surface area contributed by atoms with Crippen LogP contribution >= 0.6 is 23.2 Å². The summed E-state index contributed by atoms with van der Waals surface area (Å²) in [5.74, 6) is -0.392. The van der Waals surface area contributed by atoms with Crippen LogP contribution in [-0.2, 0) is 14.3 Å². The van der Waals surface area contributed by atoms with Gasteiger partial charge in [-0.25, -0.2) is 9.59 Å². The summed E-state index contributed by atoms with van der Waals surface area (Å²) in [5.41, 5.74) is -1.13. The number of ether oxygens (including phenoxy) is 2. The molecule has 0 saturated heterocycles. The van der Waals surface area contributed by atoms with Crippen molar-refractivity contribution in [1.29, 1.82) is 0 Å². The van der Waals surface area contributed by atoms with E-state index < -0.39 is 23.1 Å². The Hall–Kier alpha value is -1.72. The molecule has 1 amide bonds. The maximum Gasteiger partial charge on any atom is 0.412 e. The minimum absolute atomic E-state index is 0.122. The van der Waals surface area contributed by atoms with Gasteiger partial charge in [0, 0.05) is 17.1 Å². The lowest BCUT2D eigenvalue weighted by Gasteiger charge is -2.45. The lowest BCUT2D eigenvalue weighted by atomic mass is 9.71. The highest BCUT2D eigenvalue weighted by Crippen LogP contribution is 2.49. The monoisotopic (exact) mass is 385 g/mol. The molecule has 1 aliphatic rings. The maximum atomic E-state index is 12.7. The fourth-order valence-electron chi connectivity index (χ4n) is 2.47. The van der Waals surface area contributed by atoms with Gasteiger partial charge in [0.25, 0.3) is 0 Å². The second-order valence-corrected chi connectivity index (χ2v) is 7.62. The normalized spacial score (nSPS) is 18.6. The van der Waals surface area contributed by atoms with Gasteiger partial charge in [0.15, 0.2) is 0 Å². The highest BCUT2D eigenvalue weighted by molar-refractivity contribution is 6.37. The van der Waals surface area contributed by atoms with E-state index in [-0.39, 0.29) is 16.4 Å². The van der Waals surface area contributed by atoms with Gasteiger partial charge in [-0.15, -0.1) is 0 Å². The standard InChI is InChI=1S/C18H21Cl2NO4/c1-6-21-16(23)24-14-13(11-8-7-10(19)9-12(11)20)15(22)25-18(4,5)17(14,2)3/h7-9H,6H2,1-5H3,(H,21,23). The van der Waals surface area contributed by atoms with Crippen LogP contribution in [-0.4, -0.2) is 24.2 Å². The predicted octanol–water partition coefficient (Wildman–Crippen LogP) is 4.81. The van der Waals surface area contributed by atoms with E-state index in [0.717, 1.165) is 0 Å². The molecule has 0 radical (unpaired) electrons. The van der Waals surface area contributed by atoms with Crippen molar-refractivity contribution in [2.24, 2.45) is 5.41 Å². The Kier molecular flexibility index (Phi) is 5.40. The van der Waals surface area contributed by atoms with Crippen molar-refractivity contribution in [2.75, 3.05) is 6.54 Å². The van der Waals surface area contributed by atoms with Gasteiger partial charge in [-0.1, -0.05) is 29.3 Å². The van der Waals surface area contributed by atoms with Crippen LogP contribution in [0.5, 0.6) is 0 Å². The number of alkyl carbamates (subject to hydrolysis) is 1. The number of halogens is 2. The third kappa shape index (κ3) is 3.62. The van der Waals surface area contributed by atoms with Crippen molar-refractivity contribution < 1.29 is 19.1 Å². The number of esters is 1. The summed E-state index contributed by atoms with van der Waals surface area (Å²) in [7, 11) is 0. The molecular formula is C18H21Cl2NO4. The zero-order valence-corrected chi connectivity index (χ0v) is 16.3. The summed E-state index contributed by atoms with van der Waals surface area (Å²) >= 11 is 12.2. The Bertz CT molecular complexity index is 753. The molecule has 5 nitrogen and oxygen atoms in total. The number of carbonyl (C=O) groups is 2. The van der Waals surface area contributed by atoms with Gasteiger partial charge in [-0.3, -0.25) is 0 Å². The molecule has 0 atom stereocenters. The first kappa shape index (κ1) is 19.6. The zero-order chi connectivity index (χ0) is 19.0. The zero-order valence-electron chi connectivity index (χ0n) is 14.8. The lowest BCUT2D eigenvalue weighted by Crippen LogP contribution is -2.50. The number of hydrogen-bond acceptors (Lipinski definition) is 4. The van der Waals surface area contributed by atoms with Gasteiger partial charge < -0.3 is 14.8 Å². The largest absolute Gasteiger partial charge is 0.455 e. The van der Waals surface area contributed by atoms with E-state index in [1.807, 2.05) is 13.8 Å². The van der Waals surface area contributed by atoms with Crippen molar-refractivity contribution >= 4 is 40.8 Å². The first-order valence-corrected chi connectivity index (χ1v) is 8.66. The quantitative estimate of drug-likeness (QED) is 0.757. The topological polar surface area (TPSA) is 64.6 Å². The van der Waals surface area contributed by atoms with Gasteiger partial charge >= 0.3 is 12.1 Å². The van der Waals surface area contributed by atoms with E-state index in [0.29, 0.717) is 17.1 Å². The Morgan fingerprint density at radius 3 is 2.44 bits per heavy atom. The molecule has 1 aromatic rings. The summed E-state index contributed by atoms with van der Waals surface area (Å²) in [5, 5.41) is 3.27. The second-order valence-electron chi connectivity index (χ2n) is 6.77. The number of rotatable bonds is 3. The molecule has 1 aromatic carbocycles. The third-order valence-electron chi connectivity index (χ3n) is 4.57. The highest BCUT2D eigenvalue weighted by Gasteiger charge is 2.52. The Morgan fingerprint density at radius 2 is 1.88 bits per heavy atom. The van der Waals surface area contributed by atoms with Crippen molar-refractivity contribution in [3.8, 4) is 0 Å². The second kappa shape index (κ2) is 6.89. The van der Waals surface area contributed by atoms with Crippen molar-refractivity contribution in [2.45, 2.75) is 40.2 Å². The first-order chi connectivity index (χ1) is 11.5. The minimum Gasteiger partial charge on any atom is -0.455 e. The highest BCUT2D eigenvalue weighted by atomic mass is 35.5. The number of amides is 1. The molecule has 7 heteroatoms. The smallest absolute Gasteiger partial charge is 0.412 e. The van der Waals surface area contributed by atoms with Crippen LogP contribution in [0.3, 0.4) is 0 Å². The molecule has 1 N–H and O–H groups in total. The fourth-order valence-corrected chi connectivity index (χ4v) is 2.97. The number of cyclic esters (lactones) is 1. The molecule has 1 aliphatic heterocycles. The maximum absolute atomic E-state index is 12.7. The van der Waals surface area contributed by atoms with E-state index in [4.69, 9.17) is 32.7 Å². The molecule has 2 rings (SSSR count). The predicted molar refractivity (Wildman–Crippen MR) is 97.5 cm³/mol. The van der Waals surface area contributed by atoms with E-state index >= 15 is 0 Å². The summed E-state index contributed by atoms with van der Waals surface area (Å²) < 4.78 is 11.2. The molecule has 0 unspecified atom stereocenters. The molecule has 0 aliphatic carbocycles. The van der Waals surface area contributed by atoms with Crippen LogP contribution in [0, 0.1) is 5.41 Å². The summed E-state index contributed by atoms with van der Waals surface area (Å²) in [4.78, 5) is 24.8. The summed E-state index contributed by atoms with van der Waals surface area (Å²) in [6.07, 6.45) is -0.640. The van der Waals surface area contributed by atoms with Gasteiger partial charge in [0.2, 0.25) is 0 Å². The fraction of sp³-hybridized carbons (Fsp3) is 0.444. The van der Waals surface area contributed by atoms with Gasteiger partial charge in [0.05, 0.1) is 10.4 Å². The Labute approximate surface area is 157 Å². The Morgan fingerprint density at radius 1 is 1.24 bits per heavy atom. The van der Waals surface area contributed by atoms with Crippen LogP contribution in [0.4, 0.5) is 4.79 Å². The number of hydrogen-bond donors (Lipinski definition) is 1. The van der Waals surface area contributed by atoms with Crippen LogP contribution < -0.4 is 5.32 Å². The van der Waals surface area contributed by atoms with Crippen molar-refractivity contribution in [3.05, 3.63) is 39.6 Å². The van der Waals surface area contributed by atoms with Gasteiger partial charge in [-0.2, -0.15) is 0 Å². The van der Waals surface area contributed by atoms with E-state index in [1.54, 1.807) is 32.9 Å². The average molecular weight is 386 g/mol. The molecule has 25 heavy (non-hydrogen) atoms. The molecule has 0 fully saturated rings. The molecule has 0 aromatic heterocycles. The van der Waals surface area contributed by atoms with Crippen LogP contribution in [0.2, 0.25) is 10.0 Å². The lowest BCUT2D eigenvalue weighted by molar-refractivity contribution is -0.164. The molecule has 0 bridgehead atoms. The average Bonchev–Trinajstić information content (AvgIpc) is 2.46. The van der Waals surface area contributed by atoms with Crippen molar-refractivity contribution in [1.82, 2.24) is 5.32 Å².